The molecule has 0 saturated carbocycles. The maximum Gasteiger partial charge on any atom is 0.222 e. The number of nitrogens with one attached hydrogen (secondary N) is 1. The predicted molar refractivity (Wildman–Crippen MR) is 74.6 cm³/mol. The van der Waals surface area contributed by atoms with Gasteiger partial charge in [0.15, 0.2) is 9.84 Å². The fourth-order valence-corrected chi connectivity index (χ4v) is 3.98. The lowest BCUT2D eigenvalue weighted by Gasteiger charge is -2.13. The minimum atomic E-state index is -2.92. The van der Waals surface area contributed by atoms with E-state index in [9.17, 15) is 8.42 Å². The van der Waals surface area contributed by atoms with Crippen LogP contribution < -0.4 is 11.1 Å². The molecule has 1 unspecified atom stereocenters. The summed E-state index contributed by atoms with van der Waals surface area (Å²) in [6.45, 7) is 0. The molecule has 0 spiro atoms. The van der Waals surface area contributed by atoms with Gasteiger partial charge in [0.2, 0.25) is 5.95 Å². The molecule has 0 bridgehead atoms. The quantitative estimate of drug-likeness (QED) is 0.843. The molecule has 1 fully saturated rings. The van der Waals surface area contributed by atoms with Gasteiger partial charge in [0.1, 0.15) is 5.82 Å². The average molecular weight is 278 g/mol. The van der Waals surface area contributed by atoms with Crippen LogP contribution in [0.25, 0.3) is 10.9 Å². The van der Waals surface area contributed by atoms with Crippen molar-refractivity contribution in [3.05, 3.63) is 24.3 Å². The number of sulfone groups is 1. The minimum Gasteiger partial charge on any atom is -0.368 e. The molecule has 2 aromatic rings. The standard InChI is InChI=1S/C12H14N4O2S/c13-12-15-10-4-2-1-3-9(10)11(16-12)14-8-5-6-19(17,18)7-8/h1-4,8H,5-7H2,(H3,13,14,15,16). The summed E-state index contributed by atoms with van der Waals surface area (Å²) in [5, 5.41) is 4.02. The van der Waals surface area contributed by atoms with E-state index in [0.717, 1.165) is 10.9 Å². The predicted octanol–water partition coefficient (Wildman–Crippen LogP) is 0.811. The third kappa shape index (κ3) is 2.46. The first-order valence-electron chi connectivity index (χ1n) is 6.03. The monoisotopic (exact) mass is 278 g/mol. The minimum absolute atomic E-state index is 0.109. The molecule has 3 rings (SSSR count). The summed E-state index contributed by atoms with van der Waals surface area (Å²) in [5.41, 5.74) is 6.42. The number of fused-ring (bicyclic) bond motifs is 1. The highest BCUT2D eigenvalue weighted by molar-refractivity contribution is 7.91. The number of nitrogens with two attached hydrogens (primary N) is 1. The van der Waals surface area contributed by atoms with E-state index in [1.54, 1.807) is 0 Å². The summed E-state index contributed by atoms with van der Waals surface area (Å²) < 4.78 is 22.9. The number of para-hydroxylation sites is 1. The van der Waals surface area contributed by atoms with E-state index < -0.39 is 9.84 Å². The number of rotatable bonds is 2. The number of anilines is 2. The third-order valence-electron chi connectivity index (χ3n) is 3.19. The van der Waals surface area contributed by atoms with E-state index in [1.807, 2.05) is 24.3 Å². The highest BCUT2D eigenvalue weighted by Crippen LogP contribution is 2.23. The molecular weight excluding hydrogens is 264 g/mol. The van der Waals surface area contributed by atoms with Crippen LogP contribution in [0, 0.1) is 0 Å². The van der Waals surface area contributed by atoms with Crippen LogP contribution in [0.3, 0.4) is 0 Å². The topological polar surface area (TPSA) is 98.0 Å². The molecule has 100 valence electrons. The summed E-state index contributed by atoms with van der Waals surface area (Å²) >= 11 is 0. The Hall–Kier alpha value is -1.89. The number of nitrogen functional groups attached to an aromatic ring is 1. The Labute approximate surface area is 111 Å². The summed E-state index contributed by atoms with van der Waals surface area (Å²) in [6.07, 6.45) is 0.598. The molecule has 6 nitrogen and oxygen atoms in total. The second-order valence-electron chi connectivity index (χ2n) is 4.69. The molecule has 1 atom stereocenters. The fourth-order valence-electron chi connectivity index (χ4n) is 2.31. The van der Waals surface area contributed by atoms with Gasteiger partial charge in [-0.05, 0) is 18.6 Å². The maximum atomic E-state index is 11.5. The van der Waals surface area contributed by atoms with Crippen LogP contribution in [-0.4, -0.2) is 35.9 Å². The van der Waals surface area contributed by atoms with Gasteiger partial charge in [-0.25, -0.2) is 13.4 Å². The smallest absolute Gasteiger partial charge is 0.222 e. The van der Waals surface area contributed by atoms with Crippen molar-refractivity contribution < 1.29 is 8.42 Å². The Bertz CT molecular complexity index is 730. The van der Waals surface area contributed by atoms with Crippen LogP contribution in [0.1, 0.15) is 6.42 Å². The van der Waals surface area contributed by atoms with Crippen molar-refractivity contribution in [2.24, 2.45) is 0 Å². The van der Waals surface area contributed by atoms with Gasteiger partial charge in [-0.2, -0.15) is 4.98 Å². The summed E-state index contributed by atoms with van der Waals surface area (Å²) in [6, 6.07) is 7.39. The summed E-state index contributed by atoms with van der Waals surface area (Å²) in [5.74, 6) is 1.15. The first-order valence-corrected chi connectivity index (χ1v) is 7.85. The fraction of sp³-hybridized carbons (Fsp3) is 0.333. The van der Waals surface area contributed by atoms with Crippen LogP contribution in [-0.2, 0) is 9.84 Å². The molecule has 2 heterocycles. The second kappa shape index (κ2) is 4.34. The van der Waals surface area contributed by atoms with Crippen molar-refractivity contribution in [1.29, 1.82) is 0 Å². The first kappa shape index (κ1) is 12.2. The Balaban J connectivity index is 1.97. The van der Waals surface area contributed by atoms with E-state index in [4.69, 9.17) is 5.73 Å². The van der Waals surface area contributed by atoms with E-state index in [0.29, 0.717) is 12.2 Å². The van der Waals surface area contributed by atoms with Crippen LogP contribution in [0.15, 0.2) is 24.3 Å². The van der Waals surface area contributed by atoms with Gasteiger partial charge in [-0.15, -0.1) is 0 Å². The Morgan fingerprint density at radius 2 is 2.05 bits per heavy atom. The molecule has 1 aliphatic heterocycles. The number of aromatic nitrogens is 2. The van der Waals surface area contributed by atoms with Gasteiger partial charge >= 0.3 is 0 Å². The zero-order chi connectivity index (χ0) is 13.5. The number of hydrogen-bond donors (Lipinski definition) is 2. The lowest BCUT2D eigenvalue weighted by atomic mass is 10.2. The van der Waals surface area contributed by atoms with E-state index in [1.165, 1.54) is 0 Å². The van der Waals surface area contributed by atoms with Crippen molar-refractivity contribution in [3.63, 3.8) is 0 Å². The second-order valence-corrected chi connectivity index (χ2v) is 6.92. The van der Waals surface area contributed by atoms with Crippen LogP contribution in [0.5, 0.6) is 0 Å². The molecule has 0 amide bonds. The van der Waals surface area contributed by atoms with Gasteiger partial charge in [-0.1, -0.05) is 12.1 Å². The third-order valence-corrected chi connectivity index (χ3v) is 4.96. The van der Waals surface area contributed by atoms with Gasteiger partial charge in [-0.3, -0.25) is 0 Å². The summed E-state index contributed by atoms with van der Waals surface area (Å²) in [4.78, 5) is 8.32. The molecule has 0 aliphatic carbocycles. The first-order chi connectivity index (χ1) is 9.03. The zero-order valence-electron chi connectivity index (χ0n) is 10.2. The molecule has 19 heavy (non-hydrogen) atoms. The Morgan fingerprint density at radius 3 is 2.79 bits per heavy atom. The summed E-state index contributed by atoms with van der Waals surface area (Å²) in [7, 11) is -2.92. The van der Waals surface area contributed by atoms with Gasteiger partial charge in [0.05, 0.1) is 17.0 Å². The SMILES string of the molecule is Nc1nc(NC2CCS(=O)(=O)C2)c2ccccc2n1. The number of nitrogens with zero attached hydrogens (tertiary/aromatic N) is 2. The van der Waals surface area contributed by atoms with Crippen molar-refractivity contribution in [3.8, 4) is 0 Å². The van der Waals surface area contributed by atoms with Crippen molar-refractivity contribution >= 4 is 32.5 Å². The van der Waals surface area contributed by atoms with E-state index >= 15 is 0 Å². The average Bonchev–Trinajstić information content (AvgIpc) is 2.68. The van der Waals surface area contributed by atoms with E-state index in [2.05, 4.69) is 15.3 Å². The molecule has 1 aromatic carbocycles. The maximum absolute atomic E-state index is 11.5. The van der Waals surface area contributed by atoms with Crippen LogP contribution in [0.2, 0.25) is 0 Å². The highest BCUT2D eigenvalue weighted by atomic mass is 32.2. The zero-order valence-corrected chi connectivity index (χ0v) is 11.0. The van der Waals surface area contributed by atoms with Crippen LogP contribution in [0.4, 0.5) is 11.8 Å². The van der Waals surface area contributed by atoms with Gasteiger partial charge in [0.25, 0.3) is 0 Å². The molecule has 1 saturated heterocycles. The normalized spacial score (nSPS) is 21.6. The Kier molecular flexibility index (Phi) is 2.78. The molecule has 7 heteroatoms. The van der Waals surface area contributed by atoms with E-state index in [-0.39, 0.29) is 23.5 Å². The highest BCUT2D eigenvalue weighted by Gasteiger charge is 2.28. The van der Waals surface area contributed by atoms with Crippen molar-refractivity contribution in [1.82, 2.24) is 9.97 Å². The molecule has 0 radical (unpaired) electrons. The lowest BCUT2D eigenvalue weighted by molar-refractivity contribution is 0.602. The molecule has 1 aliphatic rings. The van der Waals surface area contributed by atoms with Crippen molar-refractivity contribution in [2.75, 3.05) is 22.6 Å². The Morgan fingerprint density at radius 1 is 1.26 bits per heavy atom. The number of benzene rings is 1. The molecule has 1 aromatic heterocycles. The largest absolute Gasteiger partial charge is 0.368 e. The van der Waals surface area contributed by atoms with Crippen molar-refractivity contribution in [2.45, 2.75) is 12.5 Å². The molecular formula is C12H14N4O2S. The van der Waals surface area contributed by atoms with Gasteiger partial charge < -0.3 is 11.1 Å². The lowest BCUT2D eigenvalue weighted by Crippen LogP contribution is -2.21. The number of hydrogen-bond acceptors (Lipinski definition) is 6. The van der Waals surface area contributed by atoms with Crippen LogP contribution >= 0.6 is 0 Å². The molecule has 3 N–H and O–H groups in total. The van der Waals surface area contributed by atoms with Gasteiger partial charge in [0, 0.05) is 11.4 Å².